The number of unbranched alkanes of at least 4 members (excludes halogenated alkanes) is 3. The largest absolute Gasteiger partial charge is 1.00 e. The summed E-state index contributed by atoms with van der Waals surface area (Å²) in [5.41, 5.74) is 3.81. The average molecular weight is 668 g/mol. The normalized spacial score (nSPS) is 11.2. The van der Waals surface area contributed by atoms with Crippen LogP contribution in [-0.2, 0) is 6.16 Å². The van der Waals surface area contributed by atoms with Gasteiger partial charge in [0.15, 0.2) is 0 Å². The summed E-state index contributed by atoms with van der Waals surface area (Å²) < 4.78 is 0. The van der Waals surface area contributed by atoms with Gasteiger partial charge in [0.2, 0.25) is 0 Å². The van der Waals surface area contributed by atoms with Gasteiger partial charge < -0.3 is 12.4 Å². The van der Waals surface area contributed by atoms with E-state index in [1.807, 2.05) is 0 Å². The van der Waals surface area contributed by atoms with Crippen molar-refractivity contribution in [3.05, 3.63) is 139 Å². The van der Waals surface area contributed by atoms with Crippen LogP contribution in [0, 0.1) is 0 Å². The van der Waals surface area contributed by atoms with Crippen molar-refractivity contribution in [2.75, 3.05) is 0 Å². The highest BCUT2D eigenvalue weighted by Crippen LogP contribution is 2.58. The molecule has 0 heterocycles. The van der Waals surface area contributed by atoms with Crippen LogP contribution in [0.1, 0.15) is 84.1 Å². The van der Waals surface area contributed by atoms with E-state index >= 15 is 0 Å². The van der Waals surface area contributed by atoms with Gasteiger partial charge in [0, 0.05) is 0 Å². The average Bonchev–Trinajstić information content (AvgIpc) is 3.06. The molecule has 0 aliphatic heterocycles. The molecule has 2 atom stereocenters. The van der Waals surface area contributed by atoms with Crippen LogP contribution >= 0.6 is 28.9 Å². The minimum Gasteiger partial charge on any atom is -1.00 e. The lowest BCUT2D eigenvalue weighted by atomic mass is 10.0. The van der Waals surface area contributed by atoms with E-state index in [1.165, 1.54) is 79.3 Å². The third kappa shape index (κ3) is 12.8. The number of allylic oxidation sites excluding steroid dienone is 2. The molecule has 4 aromatic carbocycles. The summed E-state index contributed by atoms with van der Waals surface area (Å²) in [5, 5.41) is 4.30. The molecule has 0 spiro atoms. The van der Waals surface area contributed by atoms with E-state index in [1.54, 1.807) is 5.57 Å². The molecule has 0 radical (unpaired) electrons. The van der Waals surface area contributed by atoms with Crippen molar-refractivity contribution in [2.24, 2.45) is 0 Å². The van der Waals surface area contributed by atoms with Crippen molar-refractivity contribution in [1.29, 1.82) is 0 Å². The molecule has 238 valence electrons. The van der Waals surface area contributed by atoms with Crippen LogP contribution in [0.3, 0.4) is 0 Å². The van der Waals surface area contributed by atoms with E-state index in [9.17, 15) is 0 Å². The van der Waals surface area contributed by atoms with Gasteiger partial charge in [-0.2, -0.15) is 0 Å². The maximum atomic E-state index is 3.01. The van der Waals surface area contributed by atoms with Crippen molar-refractivity contribution >= 4 is 44.8 Å². The monoisotopic (exact) mass is 666 g/mol. The number of hydrogen-bond acceptors (Lipinski definition) is 0. The van der Waals surface area contributed by atoms with E-state index < -0.39 is 7.26 Å². The van der Waals surface area contributed by atoms with Gasteiger partial charge in [-0.3, -0.25) is 0 Å². The Bertz CT molecular complexity index is 1160. The van der Waals surface area contributed by atoms with Gasteiger partial charge in [-0.25, -0.2) is 0 Å². The molecule has 4 heteroatoms. The highest BCUT2D eigenvalue weighted by Gasteiger charge is 2.45. The molecule has 0 nitrogen and oxygen atoms in total. The molecule has 0 aromatic heterocycles. The molecule has 0 aliphatic carbocycles. The van der Waals surface area contributed by atoms with E-state index in [2.05, 4.69) is 157 Å². The molecule has 0 bridgehead atoms. The number of benzene rings is 4. The smallest absolute Gasteiger partial charge is 0.116 e. The molecule has 0 aliphatic rings. The van der Waals surface area contributed by atoms with E-state index in [0.717, 1.165) is 6.16 Å². The number of hydrogen-bond donors (Lipinski definition) is 0. The Kier molecular flexibility index (Phi) is 21.3. The lowest BCUT2D eigenvalue weighted by Crippen LogP contribution is -3.00. The molecule has 2 unspecified atom stereocenters. The van der Waals surface area contributed by atoms with Gasteiger partial charge in [-0.1, -0.05) is 143 Å². The molecule has 0 N–H and O–H groups in total. The van der Waals surface area contributed by atoms with Crippen LogP contribution in [0.5, 0.6) is 0 Å². The van der Waals surface area contributed by atoms with Crippen LogP contribution < -0.4 is 28.3 Å². The summed E-state index contributed by atoms with van der Waals surface area (Å²) in [7, 11) is 1.23. The Morgan fingerprint density at radius 3 is 1.32 bits per heavy atom. The SMILES string of the molecule is CCCCC(=CC(P)CCCC)CCCC.Cl.[Cl-].c1ccc(C[P+](c2ccccc2)(c2ccccc2)c2ccccc2)cc1. The Labute approximate surface area is 284 Å². The Morgan fingerprint density at radius 2 is 0.955 bits per heavy atom. The predicted molar refractivity (Wildman–Crippen MR) is 203 cm³/mol. The van der Waals surface area contributed by atoms with Crippen molar-refractivity contribution in [1.82, 2.24) is 0 Å². The Balaban J connectivity index is 0.000000472. The van der Waals surface area contributed by atoms with Crippen molar-refractivity contribution in [2.45, 2.75) is 90.4 Å². The fraction of sp³-hybridized carbons (Fsp3) is 0.350. The van der Waals surface area contributed by atoms with Gasteiger partial charge >= 0.3 is 0 Å². The Morgan fingerprint density at radius 1 is 0.591 bits per heavy atom. The van der Waals surface area contributed by atoms with Crippen molar-refractivity contribution < 1.29 is 12.4 Å². The van der Waals surface area contributed by atoms with Crippen molar-refractivity contribution in [3.8, 4) is 0 Å². The zero-order valence-electron chi connectivity index (χ0n) is 27.1. The standard InChI is InChI=1S/C25H22P.C15H31P.2ClH/c1-5-13-22(14-6-1)21-26(23-15-7-2-8-16-23,24-17-9-3-10-18-24)25-19-11-4-12-20-25;1-4-7-10-14(11-8-5-2)13-15(16)12-9-6-3;;/h1-20H,21H2;13,15H,4-12,16H2,1-3H3;2*1H/q+1;;;/p-1. The highest BCUT2D eigenvalue weighted by atomic mass is 35.5. The molecule has 0 amide bonds. The Hall–Kier alpha value is -1.94. The summed E-state index contributed by atoms with van der Waals surface area (Å²) in [6.45, 7) is 6.84. The third-order valence-electron chi connectivity index (χ3n) is 7.90. The lowest BCUT2D eigenvalue weighted by molar-refractivity contribution is -0.00000872. The van der Waals surface area contributed by atoms with Crippen LogP contribution in [0.2, 0.25) is 0 Å². The second-order valence-corrected chi connectivity index (χ2v) is 15.6. The van der Waals surface area contributed by atoms with E-state index in [0.29, 0.717) is 5.66 Å². The van der Waals surface area contributed by atoms with Crippen LogP contribution in [0.15, 0.2) is 133 Å². The van der Waals surface area contributed by atoms with Gasteiger partial charge in [0.1, 0.15) is 23.2 Å². The summed E-state index contributed by atoms with van der Waals surface area (Å²) in [5.74, 6) is 0. The molecule has 44 heavy (non-hydrogen) atoms. The first-order valence-corrected chi connectivity index (χ1v) is 18.8. The molecule has 0 saturated carbocycles. The predicted octanol–water partition coefficient (Wildman–Crippen LogP) is 8.33. The fourth-order valence-corrected chi connectivity index (χ4v) is 10.3. The third-order valence-corrected chi connectivity index (χ3v) is 12.8. The number of rotatable bonds is 15. The van der Waals surface area contributed by atoms with Crippen LogP contribution in [-0.4, -0.2) is 5.66 Å². The zero-order chi connectivity index (χ0) is 29.9. The summed E-state index contributed by atoms with van der Waals surface area (Å²) in [6, 6.07) is 44.0. The number of halogens is 2. The first-order valence-electron chi connectivity index (χ1n) is 16.2. The summed E-state index contributed by atoms with van der Waals surface area (Å²) in [6.07, 6.45) is 15.6. The topological polar surface area (TPSA) is 0 Å². The fourth-order valence-electron chi connectivity index (χ4n) is 5.55. The lowest BCUT2D eigenvalue weighted by Gasteiger charge is -2.27. The van der Waals surface area contributed by atoms with Gasteiger partial charge in [0.05, 0.1) is 6.16 Å². The zero-order valence-corrected chi connectivity index (χ0v) is 30.7. The van der Waals surface area contributed by atoms with Gasteiger partial charge in [-0.05, 0) is 79.7 Å². The molecule has 4 rings (SSSR count). The molecular formula is C40H54Cl2P2. The first-order chi connectivity index (χ1) is 20.6. The highest BCUT2D eigenvalue weighted by molar-refractivity contribution is 7.95. The molecular weight excluding hydrogens is 613 g/mol. The maximum Gasteiger partial charge on any atom is 0.116 e. The molecule has 0 fully saturated rings. The molecule has 0 saturated heterocycles. The van der Waals surface area contributed by atoms with E-state index in [-0.39, 0.29) is 24.8 Å². The minimum absolute atomic E-state index is 0. The van der Waals surface area contributed by atoms with Crippen LogP contribution in [0.4, 0.5) is 0 Å². The summed E-state index contributed by atoms with van der Waals surface area (Å²) in [4.78, 5) is 0. The first kappa shape index (κ1) is 40.1. The molecule has 4 aromatic rings. The quantitative estimate of drug-likeness (QED) is 0.0884. The van der Waals surface area contributed by atoms with Crippen LogP contribution in [0.25, 0.3) is 0 Å². The second-order valence-electron chi connectivity index (χ2n) is 11.3. The summed E-state index contributed by atoms with van der Waals surface area (Å²) >= 11 is 0. The van der Waals surface area contributed by atoms with Gasteiger partial charge in [0.25, 0.3) is 0 Å². The van der Waals surface area contributed by atoms with E-state index in [4.69, 9.17) is 0 Å². The minimum atomic E-state index is -1.78. The second kappa shape index (κ2) is 23.4. The van der Waals surface area contributed by atoms with Crippen molar-refractivity contribution in [3.63, 3.8) is 0 Å². The van der Waals surface area contributed by atoms with Gasteiger partial charge in [-0.15, -0.1) is 21.6 Å². The maximum absolute atomic E-state index is 3.01.